The highest BCUT2D eigenvalue weighted by Gasteiger charge is 2.16. The van der Waals surface area contributed by atoms with Crippen molar-refractivity contribution in [2.24, 2.45) is 0 Å². The topological polar surface area (TPSA) is 95.5 Å². The molecule has 0 aliphatic rings. The van der Waals surface area contributed by atoms with Crippen molar-refractivity contribution in [1.29, 1.82) is 0 Å². The molecule has 0 spiro atoms. The van der Waals surface area contributed by atoms with Crippen LogP contribution >= 0.6 is 11.8 Å². The zero-order valence-electron chi connectivity index (χ0n) is 16.1. The fourth-order valence-corrected chi connectivity index (χ4v) is 3.46. The standard InChI is InChI=1S/C21H24N2O4S/c1-13-7-8-18(14(2)11-13)23-21(27)15(3)28-17-6-4-5-16(12-17)22-19(24)9-10-20(25)26/h4-8,11-12,15H,9-10H2,1-3H3,(H,22,24)(H,23,27)(H,25,26). The average Bonchev–Trinajstić information content (AvgIpc) is 2.62. The van der Waals surface area contributed by atoms with Crippen molar-refractivity contribution < 1.29 is 19.5 Å². The Bertz CT molecular complexity index is 882. The number of hydrogen-bond donors (Lipinski definition) is 3. The van der Waals surface area contributed by atoms with Gasteiger partial charge in [-0.2, -0.15) is 0 Å². The third-order valence-corrected chi connectivity index (χ3v) is 5.10. The maximum Gasteiger partial charge on any atom is 0.303 e. The smallest absolute Gasteiger partial charge is 0.303 e. The Hall–Kier alpha value is -2.80. The fraction of sp³-hybridized carbons (Fsp3) is 0.286. The van der Waals surface area contributed by atoms with Gasteiger partial charge >= 0.3 is 5.97 Å². The van der Waals surface area contributed by atoms with E-state index in [1.54, 1.807) is 18.2 Å². The number of aryl methyl sites for hydroxylation is 2. The number of thioether (sulfide) groups is 1. The second-order valence-corrected chi connectivity index (χ2v) is 7.95. The molecule has 6 nitrogen and oxygen atoms in total. The second-order valence-electron chi connectivity index (χ2n) is 6.54. The summed E-state index contributed by atoms with van der Waals surface area (Å²) in [7, 11) is 0. The minimum absolute atomic E-state index is 0.0819. The maximum absolute atomic E-state index is 12.5. The Kier molecular flexibility index (Phi) is 7.63. The van der Waals surface area contributed by atoms with Gasteiger partial charge in [0.25, 0.3) is 0 Å². The van der Waals surface area contributed by atoms with Gasteiger partial charge in [0.05, 0.1) is 11.7 Å². The van der Waals surface area contributed by atoms with Crippen LogP contribution in [0.5, 0.6) is 0 Å². The van der Waals surface area contributed by atoms with Crippen molar-refractivity contribution in [3.05, 3.63) is 53.6 Å². The molecule has 7 heteroatoms. The summed E-state index contributed by atoms with van der Waals surface area (Å²) in [5, 5.41) is 13.9. The zero-order chi connectivity index (χ0) is 20.7. The summed E-state index contributed by atoms with van der Waals surface area (Å²) in [5.41, 5.74) is 3.52. The molecule has 2 aromatic rings. The molecule has 0 radical (unpaired) electrons. The van der Waals surface area contributed by atoms with Crippen LogP contribution in [0.1, 0.15) is 30.9 Å². The van der Waals surface area contributed by atoms with Crippen LogP contribution in [0.4, 0.5) is 11.4 Å². The lowest BCUT2D eigenvalue weighted by molar-refractivity contribution is -0.138. The zero-order valence-corrected chi connectivity index (χ0v) is 16.9. The highest BCUT2D eigenvalue weighted by Crippen LogP contribution is 2.27. The molecule has 0 aromatic heterocycles. The third-order valence-electron chi connectivity index (χ3n) is 4.01. The van der Waals surface area contributed by atoms with Gasteiger partial charge in [-0.3, -0.25) is 14.4 Å². The quantitative estimate of drug-likeness (QED) is 0.577. The van der Waals surface area contributed by atoms with E-state index in [1.165, 1.54) is 11.8 Å². The molecule has 0 fully saturated rings. The summed E-state index contributed by atoms with van der Waals surface area (Å²) in [6, 6.07) is 13.0. The van der Waals surface area contributed by atoms with Crippen molar-refractivity contribution in [2.75, 3.05) is 10.6 Å². The second kappa shape index (κ2) is 9.94. The fourth-order valence-electron chi connectivity index (χ4n) is 2.54. The Balaban J connectivity index is 1.95. The van der Waals surface area contributed by atoms with E-state index in [-0.39, 0.29) is 29.9 Å². The number of aliphatic carboxylic acids is 1. The highest BCUT2D eigenvalue weighted by molar-refractivity contribution is 8.00. The molecule has 28 heavy (non-hydrogen) atoms. The van der Waals surface area contributed by atoms with E-state index < -0.39 is 5.97 Å². The lowest BCUT2D eigenvalue weighted by Crippen LogP contribution is -2.22. The molecule has 2 aromatic carbocycles. The minimum Gasteiger partial charge on any atom is -0.481 e. The molecule has 0 saturated heterocycles. The maximum atomic E-state index is 12.5. The number of hydrogen-bond acceptors (Lipinski definition) is 4. The molecule has 0 heterocycles. The number of amides is 2. The SMILES string of the molecule is Cc1ccc(NC(=O)C(C)Sc2cccc(NC(=O)CCC(=O)O)c2)c(C)c1. The first-order valence-corrected chi connectivity index (χ1v) is 9.79. The first kappa shape index (κ1) is 21.5. The summed E-state index contributed by atoms with van der Waals surface area (Å²) in [5.74, 6) is -1.47. The van der Waals surface area contributed by atoms with Crippen LogP contribution < -0.4 is 10.6 Å². The van der Waals surface area contributed by atoms with Crippen molar-refractivity contribution in [2.45, 2.75) is 43.8 Å². The number of benzene rings is 2. The summed E-state index contributed by atoms with van der Waals surface area (Å²) >= 11 is 1.38. The van der Waals surface area contributed by atoms with Crippen LogP contribution in [-0.2, 0) is 14.4 Å². The van der Waals surface area contributed by atoms with Crippen LogP contribution in [0.25, 0.3) is 0 Å². The van der Waals surface area contributed by atoms with Gasteiger partial charge in [-0.05, 0) is 50.6 Å². The monoisotopic (exact) mass is 400 g/mol. The number of carboxylic acid groups (broad SMARTS) is 1. The first-order chi connectivity index (χ1) is 13.2. The summed E-state index contributed by atoms with van der Waals surface area (Å²) in [6.45, 7) is 5.78. The number of carbonyl (C=O) groups excluding carboxylic acids is 2. The van der Waals surface area contributed by atoms with Crippen molar-refractivity contribution in [1.82, 2.24) is 0 Å². The number of carboxylic acids is 1. The van der Waals surface area contributed by atoms with E-state index in [0.717, 1.165) is 21.7 Å². The van der Waals surface area contributed by atoms with Gasteiger partial charge in [0.1, 0.15) is 0 Å². The molecule has 3 N–H and O–H groups in total. The molecule has 1 unspecified atom stereocenters. The van der Waals surface area contributed by atoms with Crippen LogP contribution in [-0.4, -0.2) is 28.1 Å². The molecule has 2 rings (SSSR count). The minimum atomic E-state index is -1.01. The van der Waals surface area contributed by atoms with Gasteiger partial charge in [-0.15, -0.1) is 11.8 Å². The van der Waals surface area contributed by atoms with Crippen LogP contribution in [0.3, 0.4) is 0 Å². The Morgan fingerprint density at radius 1 is 1.04 bits per heavy atom. The third kappa shape index (κ3) is 6.74. The molecule has 2 amide bonds. The van der Waals surface area contributed by atoms with Gasteiger partial charge in [0.15, 0.2) is 0 Å². The number of carbonyl (C=O) groups is 3. The van der Waals surface area contributed by atoms with Crippen molar-refractivity contribution >= 4 is 40.9 Å². The van der Waals surface area contributed by atoms with Gasteiger partial charge in [0, 0.05) is 22.7 Å². The summed E-state index contributed by atoms with van der Waals surface area (Å²) < 4.78 is 0. The van der Waals surface area contributed by atoms with Crippen molar-refractivity contribution in [3.63, 3.8) is 0 Å². The lowest BCUT2D eigenvalue weighted by Gasteiger charge is -2.14. The number of anilines is 2. The summed E-state index contributed by atoms with van der Waals surface area (Å²) in [6.07, 6.45) is -0.294. The predicted molar refractivity (Wildman–Crippen MR) is 112 cm³/mol. The van der Waals surface area contributed by atoms with Crippen molar-refractivity contribution in [3.8, 4) is 0 Å². The Morgan fingerprint density at radius 2 is 1.79 bits per heavy atom. The largest absolute Gasteiger partial charge is 0.481 e. The predicted octanol–water partition coefficient (Wildman–Crippen LogP) is 4.23. The molecule has 148 valence electrons. The van der Waals surface area contributed by atoms with E-state index >= 15 is 0 Å². The van der Waals surface area contributed by atoms with Crippen LogP contribution in [0, 0.1) is 13.8 Å². The Labute approximate surface area is 168 Å². The van der Waals surface area contributed by atoms with Gasteiger partial charge in [0.2, 0.25) is 11.8 Å². The number of rotatable bonds is 8. The van der Waals surface area contributed by atoms with Crippen LogP contribution in [0.2, 0.25) is 0 Å². The van der Waals surface area contributed by atoms with Gasteiger partial charge in [-0.1, -0.05) is 23.8 Å². The van der Waals surface area contributed by atoms with E-state index in [2.05, 4.69) is 10.6 Å². The number of nitrogens with one attached hydrogen (secondary N) is 2. The molecule has 0 saturated carbocycles. The first-order valence-electron chi connectivity index (χ1n) is 8.91. The van der Waals surface area contributed by atoms with Gasteiger partial charge in [-0.25, -0.2) is 0 Å². The highest BCUT2D eigenvalue weighted by atomic mass is 32.2. The lowest BCUT2D eigenvalue weighted by atomic mass is 10.1. The van der Waals surface area contributed by atoms with E-state index in [0.29, 0.717) is 5.69 Å². The molecule has 1 atom stereocenters. The van der Waals surface area contributed by atoms with E-state index in [9.17, 15) is 14.4 Å². The van der Waals surface area contributed by atoms with E-state index in [4.69, 9.17) is 5.11 Å². The average molecular weight is 401 g/mol. The molecule has 0 aliphatic carbocycles. The van der Waals surface area contributed by atoms with Crippen LogP contribution in [0.15, 0.2) is 47.4 Å². The molecular weight excluding hydrogens is 376 g/mol. The Morgan fingerprint density at radius 3 is 2.46 bits per heavy atom. The van der Waals surface area contributed by atoms with Gasteiger partial charge < -0.3 is 15.7 Å². The normalized spacial score (nSPS) is 11.5. The van der Waals surface area contributed by atoms with E-state index in [1.807, 2.05) is 45.0 Å². The molecule has 0 aliphatic heterocycles. The summed E-state index contributed by atoms with van der Waals surface area (Å²) in [4.78, 5) is 35.7. The molecular formula is C21H24N2O4S. The molecule has 0 bridgehead atoms.